The van der Waals surface area contributed by atoms with Crippen LogP contribution in [-0.2, 0) is 26.2 Å². The van der Waals surface area contributed by atoms with Gasteiger partial charge in [0.05, 0.1) is 12.6 Å². The first kappa shape index (κ1) is 17.0. The Hall–Kier alpha value is -2.18. The molecule has 3 heterocycles. The van der Waals surface area contributed by atoms with Crippen LogP contribution in [0.25, 0.3) is 10.9 Å². The van der Waals surface area contributed by atoms with Crippen LogP contribution in [0.15, 0.2) is 24.3 Å². The van der Waals surface area contributed by atoms with Crippen molar-refractivity contribution in [3.8, 4) is 0 Å². The van der Waals surface area contributed by atoms with Crippen LogP contribution in [0.2, 0.25) is 0 Å². The second kappa shape index (κ2) is 5.66. The van der Waals surface area contributed by atoms with Crippen LogP contribution in [0.4, 0.5) is 0 Å². The van der Waals surface area contributed by atoms with Gasteiger partial charge in [-0.1, -0.05) is 18.2 Å². The predicted octanol–water partition coefficient (Wildman–Crippen LogP) is 1.69. The van der Waals surface area contributed by atoms with E-state index in [1.807, 2.05) is 22.8 Å². The molecule has 0 radical (unpaired) electrons. The van der Waals surface area contributed by atoms with E-state index in [1.165, 1.54) is 7.11 Å². The number of nitrogens with one attached hydrogen (secondary N) is 1. The number of esters is 1. The number of nitrogens with zero attached hydrogens (tertiary/aromatic N) is 1. The molecular weight excluding hydrogens is 344 g/mol. The van der Waals surface area contributed by atoms with Crippen molar-refractivity contribution in [3.63, 3.8) is 0 Å². The number of Topliss-reactive ketones (excluding diaryl/α,β-unsaturated/α-hetero) is 1. The number of rotatable bonds is 2. The molecule has 142 valence electrons. The maximum Gasteiger partial charge on any atom is 0.319 e. The molecule has 5 unspecified atom stereocenters. The molecule has 1 saturated carbocycles. The lowest BCUT2D eigenvalue weighted by Crippen LogP contribution is -2.65. The Morgan fingerprint density at radius 3 is 2.85 bits per heavy atom. The zero-order valence-corrected chi connectivity index (χ0v) is 15.6. The van der Waals surface area contributed by atoms with Gasteiger partial charge in [0.2, 0.25) is 0 Å². The van der Waals surface area contributed by atoms with Crippen molar-refractivity contribution < 1.29 is 19.4 Å². The van der Waals surface area contributed by atoms with Gasteiger partial charge < -0.3 is 19.7 Å². The van der Waals surface area contributed by atoms with Gasteiger partial charge in [0.25, 0.3) is 0 Å². The maximum atomic E-state index is 13.3. The number of para-hydroxylation sites is 1. The van der Waals surface area contributed by atoms with Crippen LogP contribution < -0.4 is 5.32 Å². The third kappa shape index (κ3) is 1.97. The molecule has 1 fully saturated rings. The van der Waals surface area contributed by atoms with Crippen molar-refractivity contribution in [1.82, 2.24) is 9.88 Å². The highest BCUT2D eigenvalue weighted by molar-refractivity contribution is 5.94. The largest absolute Gasteiger partial charge is 0.468 e. The van der Waals surface area contributed by atoms with Gasteiger partial charge in [-0.15, -0.1) is 0 Å². The number of aliphatic hydroxyl groups is 1. The Bertz CT molecular complexity index is 964. The lowest BCUT2D eigenvalue weighted by atomic mass is 9.57. The first-order valence-electron chi connectivity index (χ1n) is 9.63. The number of hydrogen-bond donors (Lipinski definition) is 2. The van der Waals surface area contributed by atoms with Crippen LogP contribution in [0.3, 0.4) is 0 Å². The SMILES string of the molecule is COC(=O)C12CC3CC(C(C)=O)C1NCCc1c2n(c2ccccc12)C3O. The number of fused-ring (bicyclic) bond motifs is 4. The molecule has 2 aromatic rings. The minimum atomic E-state index is -0.946. The number of aliphatic hydroxyl groups excluding tert-OH is 1. The number of hydrogen-bond acceptors (Lipinski definition) is 5. The number of carbonyl (C=O) groups is 2. The fraction of sp³-hybridized carbons (Fsp3) is 0.524. The summed E-state index contributed by atoms with van der Waals surface area (Å²) in [6.45, 7) is 2.28. The van der Waals surface area contributed by atoms with Crippen molar-refractivity contribution in [1.29, 1.82) is 0 Å². The summed E-state index contributed by atoms with van der Waals surface area (Å²) >= 11 is 0. The summed E-state index contributed by atoms with van der Waals surface area (Å²) in [5, 5.41) is 15.8. The molecule has 0 spiro atoms. The molecule has 2 N–H and O–H groups in total. The summed E-state index contributed by atoms with van der Waals surface area (Å²) in [5.74, 6) is -0.721. The fourth-order valence-corrected chi connectivity index (χ4v) is 6.01. The Morgan fingerprint density at radius 1 is 1.33 bits per heavy atom. The van der Waals surface area contributed by atoms with Gasteiger partial charge >= 0.3 is 5.97 Å². The van der Waals surface area contributed by atoms with Crippen LogP contribution in [0.5, 0.6) is 0 Å². The first-order valence-corrected chi connectivity index (χ1v) is 9.63. The zero-order valence-electron chi connectivity index (χ0n) is 15.6. The van der Waals surface area contributed by atoms with E-state index in [0.717, 1.165) is 28.6 Å². The Morgan fingerprint density at radius 2 is 2.11 bits per heavy atom. The van der Waals surface area contributed by atoms with Gasteiger partial charge in [0, 0.05) is 29.0 Å². The summed E-state index contributed by atoms with van der Waals surface area (Å²) in [7, 11) is 1.41. The molecule has 6 heteroatoms. The van der Waals surface area contributed by atoms with E-state index in [9.17, 15) is 14.7 Å². The summed E-state index contributed by atoms with van der Waals surface area (Å²) in [5.41, 5.74) is 1.95. The second-order valence-corrected chi connectivity index (χ2v) is 8.19. The van der Waals surface area contributed by atoms with Gasteiger partial charge in [-0.25, -0.2) is 0 Å². The average Bonchev–Trinajstić information content (AvgIpc) is 2.89. The molecule has 1 aromatic heterocycles. The molecule has 5 rings (SSSR count). The molecule has 5 atom stereocenters. The molecule has 0 saturated heterocycles. The number of benzene rings is 1. The lowest BCUT2D eigenvalue weighted by molar-refractivity contribution is -0.159. The summed E-state index contributed by atoms with van der Waals surface area (Å²) in [4.78, 5) is 25.8. The Balaban J connectivity index is 1.91. The molecule has 6 nitrogen and oxygen atoms in total. The third-order valence-electron chi connectivity index (χ3n) is 7.01. The highest BCUT2D eigenvalue weighted by atomic mass is 16.5. The highest BCUT2D eigenvalue weighted by Crippen LogP contribution is 2.56. The van der Waals surface area contributed by atoms with Crippen molar-refractivity contribution in [2.75, 3.05) is 13.7 Å². The molecule has 3 aliphatic rings. The molecule has 0 amide bonds. The quantitative estimate of drug-likeness (QED) is 0.789. The summed E-state index contributed by atoms with van der Waals surface area (Å²) < 4.78 is 7.26. The van der Waals surface area contributed by atoms with Gasteiger partial charge in [0.1, 0.15) is 17.4 Å². The number of aromatic nitrogens is 1. The Kier molecular flexibility index (Phi) is 3.55. The van der Waals surface area contributed by atoms with E-state index in [2.05, 4.69) is 11.4 Å². The van der Waals surface area contributed by atoms with Crippen LogP contribution in [0.1, 0.15) is 37.3 Å². The van der Waals surface area contributed by atoms with Gasteiger partial charge in [-0.3, -0.25) is 9.59 Å². The number of ketones is 1. The Labute approximate surface area is 157 Å². The van der Waals surface area contributed by atoms with Crippen molar-refractivity contribution in [2.24, 2.45) is 11.8 Å². The van der Waals surface area contributed by atoms with Crippen LogP contribution >= 0.6 is 0 Å². The number of ether oxygens (including phenoxy) is 1. The topological polar surface area (TPSA) is 80.6 Å². The minimum Gasteiger partial charge on any atom is -0.468 e. The van der Waals surface area contributed by atoms with E-state index in [1.54, 1.807) is 6.92 Å². The first-order chi connectivity index (χ1) is 13.0. The van der Waals surface area contributed by atoms with Crippen LogP contribution in [0, 0.1) is 11.8 Å². The van der Waals surface area contributed by atoms with E-state index < -0.39 is 11.6 Å². The normalized spacial score (nSPS) is 34.2. The van der Waals surface area contributed by atoms with E-state index >= 15 is 0 Å². The predicted molar refractivity (Wildman–Crippen MR) is 99.3 cm³/mol. The monoisotopic (exact) mass is 368 g/mol. The molecule has 2 aliphatic heterocycles. The summed E-state index contributed by atoms with van der Waals surface area (Å²) in [6, 6.07) is 7.70. The van der Waals surface area contributed by atoms with Crippen LogP contribution in [-0.4, -0.2) is 41.1 Å². The maximum absolute atomic E-state index is 13.3. The fourth-order valence-electron chi connectivity index (χ4n) is 6.01. The average molecular weight is 368 g/mol. The minimum absolute atomic E-state index is 0.0608. The lowest BCUT2D eigenvalue weighted by Gasteiger charge is -2.53. The van der Waals surface area contributed by atoms with Gasteiger partial charge in [-0.05, 0) is 44.4 Å². The van der Waals surface area contributed by atoms with Crippen molar-refractivity contribution in [2.45, 2.75) is 43.9 Å². The van der Waals surface area contributed by atoms with Crippen molar-refractivity contribution >= 4 is 22.7 Å². The van der Waals surface area contributed by atoms with Gasteiger partial charge in [-0.2, -0.15) is 0 Å². The summed E-state index contributed by atoms with van der Waals surface area (Å²) in [6.07, 6.45) is 1.09. The molecule has 27 heavy (non-hydrogen) atoms. The van der Waals surface area contributed by atoms with Gasteiger partial charge in [0.15, 0.2) is 0 Å². The standard InChI is InChI=1S/C21H24N2O4/c1-11(24)15-9-12-10-21(20(26)27-2)17(15)22-8-7-14-13-5-3-4-6-16(13)23(18(14)21)19(12)25/h3-6,12,15,17,19,22,25H,7-10H2,1-2H3. The van der Waals surface area contributed by atoms with E-state index in [4.69, 9.17) is 4.74 Å². The highest BCUT2D eigenvalue weighted by Gasteiger charge is 2.63. The number of methoxy groups -OCH3 is 1. The smallest absolute Gasteiger partial charge is 0.319 e. The molecule has 1 aliphatic carbocycles. The van der Waals surface area contributed by atoms with E-state index in [-0.39, 0.29) is 29.6 Å². The second-order valence-electron chi connectivity index (χ2n) is 8.19. The number of carbonyl (C=O) groups excluding carboxylic acids is 2. The van der Waals surface area contributed by atoms with E-state index in [0.29, 0.717) is 19.4 Å². The third-order valence-corrected chi connectivity index (χ3v) is 7.01. The zero-order chi connectivity index (χ0) is 18.9. The molecule has 2 bridgehead atoms. The molecule has 1 aromatic carbocycles. The molecular formula is C21H24N2O4. The van der Waals surface area contributed by atoms with Crippen molar-refractivity contribution in [3.05, 3.63) is 35.5 Å².